The van der Waals surface area contributed by atoms with Crippen molar-refractivity contribution in [2.75, 3.05) is 32.9 Å². The highest BCUT2D eigenvalue weighted by atomic mass is 35.5. The molecule has 6 nitrogen and oxygen atoms in total. The van der Waals surface area contributed by atoms with Gasteiger partial charge in [0.25, 0.3) is 0 Å². The highest BCUT2D eigenvalue weighted by Crippen LogP contribution is 2.42. The summed E-state index contributed by atoms with van der Waals surface area (Å²) in [4.78, 5) is 28.0. The van der Waals surface area contributed by atoms with Gasteiger partial charge in [-0.1, -0.05) is 41.0 Å². The second kappa shape index (κ2) is 11.4. The SMILES string of the molecule is CCOC(=O)C1CCN(C(=O)C=Cc2ccc(Sc3ccc4c(c3)OCCO4)c(Cl)c2Cl)CC1. The van der Waals surface area contributed by atoms with Gasteiger partial charge in [-0.2, -0.15) is 0 Å². The first-order chi connectivity index (χ1) is 16.5. The summed E-state index contributed by atoms with van der Waals surface area (Å²) in [5.74, 6) is 1.00. The summed E-state index contributed by atoms with van der Waals surface area (Å²) in [5.41, 5.74) is 0.660. The van der Waals surface area contributed by atoms with Gasteiger partial charge in [-0.25, -0.2) is 0 Å². The van der Waals surface area contributed by atoms with Gasteiger partial charge >= 0.3 is 5.97 Å². The number of esters is 1. The number of hydrogen-bond acceptors (Lipinski definition) is 6. The number of piperidine rings is 1. The number of likely N-dealkylation sites (tertiary alicyclic amines) is 1. The summed E-state index contributed by atoms with van der Waals surface area (Å²) in [6.07, 6.45) is 4.38. The van der Waals surface area contributed by atoms with Crippen molar-refractivity contribution in [1.82, 2.24) is 4.90 Å². The minimum Gasteiger partial charge on any atom is -0.486 e. The molecule has 0 N–H and O–H groups in total. The average Bonchev–Trinajstić information content (AvgIpc) is 2.86. The number of ether oxygens (including phenoxy) is 3. The molecule has 1 amide bonds. The number of hydrogen-bond donors (Lipinski definition) is 0. The molecule has 4 rings (SSSR count). The lowest BCUT2D eigenvalue weighted by atomic mass is 9.97. The summed E-state index contributed by atoms with van der Waals surface area (Å²) < 4.78 is 16.3. The lowest BCUT2D eigenvalue weighted by molar-refractivity contribution is -0.150. The van der Waals surface area contributed by atoms with Gasteiger partial charge in [-0.15, -0.1) is 0 Å². The van der Waals surface area contributed by atoms with Crippen molar-refractivity contribution in [1.29, 1.82) is 0 Å². The topological polar surface area (TPSA) is 65.1 Å². The van der Waals surface area contributed by atoms with Crippen LogP contribution in [-0.4, -0.2) is 49.7 Å². The third-order valence-electron chi connectivity index (χ3n) is 5.65. The van der Waals surface area contributed by atoms with E-state index in [4.69, 9.17) is 37.4 Å². The number of amides is 1. The van der Waals surface area contributed by atoms with Crippen LogP contribution >= 0.6 is 35.0 Å². The minimum atomic E-state index is -0.180. The molecule has 0 bridgehead atoms. The molecule has 2 aliphatic rings. The molecule has 2 aliphatic heterocycles. The Morgan fingerprint density at radius 3 is 2.56 bits per heavy atom. The Hall–Kier alpha value is -2.35. The number of rotatable bonds is 6. The molecule has 180 valence electrons. The molecule has 0 atom stereocenters. The summed E-state index contributed by atoms with van der Waals surface area (Å²) >= 11 is 14.5. The van der Waals surface area contributed by atoms with Crippen molar-refractivity contribution in [3.8, 4) is 11.5 Å². The first kappa shape index (κ1) is 24.8. The molecule has 0 saturated carbocycles. The van der Waals surface area contributed by atoms with Crippen LogP contribution in [0.5, 0.6) is 11.5 Å². The predicted molar refractivity (Wildman–Crippen MR) is 133 cm³/mol. The number of fused-ring (bicyclic) bond motifs is 1. The van der Waals surface area contributed by atoms with Crippen LogP contribution in [0.15, 0.2) is 46.2 Å². The van der Waals surface area contributed by atoms with Crippen molar-refractivity contribution >= 4 is 52.9 Å². The molecular formula is C25H25Cl2NO5S. The van der Waals surface area contributed by atoms with Crippen LogP contribution in [0.2, 0.25) is 10.0 Å². The molecule has 34 heavy (non-hydrogen) atoms. The molecular weight excluding hydrogens is 497 g/mol. The molecule has 2 aromatic carbocycles. The van der Waals surface area contributed by atoms with Gasteiger partial charge in [0.2, 0.25) is 5.91 Å². The van der Waals surface area contributed by atoms with Gasteiger partial charge in [-0.3, -0.25) is 9.59 Å². The van der Waals surface area contributed by atoms with E-state index in [1.807, 2.05) is 30.3 Å². The fourth-order valence-electron chi connectivity index (χ4n) is 3.83. The standard InChI is InChI=1S/C25H25Cl2NO5S/c1-2-31-25(30)17-9-11-28(12-10-17)22(29)8-4-16-3-7-21(24(27)23(16)26)34-18-5-6-19-20(15-18)33-14-13-32-19/h3-8,15,17H,2,9-14H2,1H3. The quantitative estimate of drug-likeness (QED) is 0.357. The van der Waals surface area contributed by atoms with Gasteiger partial charge in [-0.05, 0) is 55.7 Å². The monoisotopic (exact) mass is 521 g/mol. The number of nitrogens with zero attached hydrogens (tertiary/aromatic N) is 1. The largest absolute Gasteiger partial charge is 0.486 e. The third kappa shape index (κ3) is 5.82. The molecule has 0 radical (unpaired) electrons. The number of benzene rings is 2. The maximum atomic E-state index is 12.6. The summed E-state index contributed by atoms with van der Waals surface area (Å²) in [6.45, 7) is 4.28. The Bertz CT molecular complexity index is 1100. The van der Waals surface area contributed by atoms with E-state index in [-0.39, 0.29) is 17.8 Å². The first-order valence-corrected chi connectivity index (χ1v) is 12.7. The van der Waals surface area contributed by atoms with E-state index < -0.39 is 0 Å². The highest BCUT2D eigenvalue weighted by molar-refractivity contribution is 7.99. The maximum Gasteiger partial charge on any atom is 0.309 e. The summed E-state index contributed by atoms with van der Waals surface area (Å²) in [6, 6.07) is 9.46. The molecule has 0 aliphatic carbocycles. The van der Waals surface area contributed by atoms with Gasteiger partial charge in [0.05, 0.1) is 22.6 Å². The lowest BCUT2D eigenvalue weighted by Crippen LogP contribution is -2.39. The molecule has 2 aromatic rings. The van der Waals surface area contributed by atoms with E-state index in [0.29, 0.717) is 67.1 Å². The van der Waals surface area contributed by atoms with Crippen LogP contribution < -0.4 is 9.47 Å². The molecule has 1 fully saturated rings. The van der Waals surface area contributed by atoms with Crippen molar-refractivity contribution in [2.45, 2.75) is 29.6 Å². The normalized spacial score (nSPS) is 16.0. The molecule has 0 spiro atoms. The lowest BCUT2D eigenvalue weighted by Gasteiger charge is -2.30. The van der Waals surface area contributed by atoms with E-state index in [1.165, 1.54) is 17.8 Å². The van der Waals surface area contributed by atoms with E-state index in [9.17, 15) is 9.59 Å². The van der Waals surface area contributed by atoms with Gasteiger partial charge in [0.1, 0.15) is 13.2 Å². The van der Waals surface area contributed by atoms with E-state index in [0.717, 1.165) is 15.5 Å². The van der Waals surface area contributed by atoms with Crippen molar-refractivity contribution in [3.05, 3.63) is 52.0 Å². The predicted octanol–water partition coefficient (Wildman–Crippen LogP) is 5.73. The molecule has 9 heteroatoms. The zero-order valence-electron chi connectivity index (χ0n) is 18.7. The fraction of sp³-hybridized carbons (Fsp3) is 0.360. The molecule has 1 saturated heterocycles. The third-order valence-corrected chi connectivity index (χ3v) is 7.71. The van der Waals surface area contributed by atoms with Gasteiger partial charge < -0.3 is 19.1 Å². The van der Waals surface area contributed by atoms with E-state index in [2.05, 4.69) is 0 Å². The number of halogens is 2. The Morgan fingerprint density at radius 1 is 1.09 bits per heavy atom. The van der Waals surface area contributed by atoms with Crippen LogP contribution in [0.3, 0.4) is 0 Å². The summed E-state index contributed by atoms with van der Waals surface area (Å²) in [7, 11) is 0. The number of carbonyl (C=O) groups excluding carboxylic acids is 2. The molecule has 0 unspecified atom stereocenters. The van der Waals surface area contributed by atoms with Crippen LogP contribution in [-0.2, 0) is 14.3 Å². The summed E-state index contributed by atoms with van der Waals surface area (Å²) in [5, 5.41) is 0.806. The molecule has 0 aromatic heterocycles. The van der Waals surface area contributed by atoms with Gasteiger partial charge in [0, 0.05) is 29.0 Å². The average molecular weight is 522 g/mol. The van der Waals surface area contributed by atoms with Crippen LogP contribution in [0.1, 0.15) is 25.3 Å². The zero-order valence-corrected chi connectivity index (χ0v) is 21.0. The minimum absolute atomic E-state index is 0.121. The smallest absolute Gasteiger partial charge is 0.309 e. The molecule has 2 heterocycles. The van der Waals surface area contributed by atoms with Crippen LogP contribution in [0.25, 0.3) is 6.08 Å². The Morgan fingerprint density at radius 2 is 1.82 bits per heavy atom. The van der Waals surface area contributed by atoms with E-state index in [1.54, 1.807) is 17.9 Å². The van der Waals surface area contributed by atoms with Crippen molar-refractivity contribution in [3.63, 3.8) is 0 Å². The van der Waals surface area contributed by atoms with Crippen LogP contribution in [0, 0.1) is 5.92 Å². The second-order valence-electron chi connectivity index (χ2n) is 7.87. The van der Waals surface area contributed by atoms with Gasteiger partial charge in [0.15, 0.2) is 11.5 Å². The fourth-order valence-corrected chi connectivity index (χ4v) is 5.29. The zero-order chi connectivity index (χ0) is 24.1. The first-order valence-electron chi connectivity index (χ1n) is 11.2. The van der Waals surface area contributed by atoms with Crippen molar-refractivity contribution in [2.24, 2.45) is 5.92 Å². The Labute approximate surface area is 213 Å². The second-order valence-corrected chi connectivity index (χ2v) is 9.74. The van der Waals surface area contributed by atoms with Crippen LogP contribution in [0.4, 0.5) is 0 Å². The number of carbonyl (C=O) groups is 2. The Kier molecular flexibility index (Phi) is 8.29. The maximum absolute atomic E-state index is 12.6. The van der Waals surface area contributed by atoms with E-state index >= 15 is 0 Å². The van der Waals surface area contributed by atoms with Crippen molar-refractivity contribution < 1.29 is 23.8 Å². The highest BCUT2D eigenvalue weighted by Gasteiger charge is 2.27. The Balaban J connectivity index is 1.38.